The molecule has 2 aromatic carbocycles. The Morgan fingerprint density at radius 3 is 2.43 bits per heavy atom. The van der Waals surface area contributed by atoms with E-state index in [0.29, 0.717) is 0 Å². The van der Waals surface area contributed by atoms with Gasteiger partial charge in [0.15, 0.2) is 0 Å². The van der Waals surface area contributed by atoms with Gasteiger partial charge in [0.25, 0.3) is 0 Å². The summed E-state index contributed by atoms with van der Waals surface area (Å²) in [4.78, 5) is 12.2. The van der Waals surface area contributed by atoms with Crippen molar-refractivity contribution in [2.24, 2.45) is 0 Å². The molecule has 0 N–H and O–H groups in total. The van der Waals surface area contributed by atoms with Gasteiger partial charge in [0.2, 0.25) is 5.91 Å². The molecule has 2 aromatic rings. The minimum atomic E-state index is 0. The van der Waals surface area contributed by atoms with Crippen LogP contribution in [-0.4, -0.2) is 24.0 Å². The Hall–Kier alpha value is -1.58. The zero-order chi connectivity index (χ0) is 14.1. The third-order valence-corrected chi connectivity index (χ3v) is 3.98. The summed E-state index contributed by atoms with van der Waals surface area (Å²) in [6.45, 7) is 5.65. The molecule has 0 aliphatic carbocycles. The molecule has 3 nitrogen and oxygen atoms in total. The molecular formula is C17H21ClN2O. The number of anilines is 1. The van der Waals surface area contributed by atoms with Gasteiger partial charge in [-0.3, -0.25) is 4.79 Å². The van der Waals surface area contributed by atoms with E-state index < -0.39 is 0 Å². The highest BCUT2D eigenvalue weighted by molar-refractivity contribution is 6.03. The molecule has 112 valence electrons. The number of benzene rings is 2. The quantitative estimate of drug-likeness (QED) is 0.839. The van der Waals surface area contributed by atoms with Crippen LogP contribution in [0.5, 0.6) is 0 Å². The summed E-state index contributed by atoms with van der Waals surface area (Å²) < 4.78 is 0. The van der Waals surface area contributed by atoms with Gasteiger partial charge in [-0.25, -0.2) is 10.0 Å². The van der Waals surface area contributed by atoms with Crippen LogP contribution in [0.15, 0.2) is 36.4 Å². The predicted molar refractivity (Wildman–Crippen MR) is 89.9 cm³/mol. The predicted octanol–water partition coefficient (Wildman–Crippen LogP) is 3.93. The Kier molecular flexibility index (Phi) is 4.86. The van der Waals surface area contributed by atoms with E-state index in [2.05, 4.69) is 36.2 Å². The van der Waals surface area contributed by atoms with E-state index in [1.54, 1.807) is 6.92 Å². The second kappa shape index (κ2) is 6.46. The normalized spacial score (nSPS) is 15.0. The van der Waals surface area contributed by atoms with Gasteiger partial charge in [0.1, 0.15) is 0 Å². The Bertz CT molecular complexity index is 650. The van der Waals surface area contributed by atoms with Crippen molar-refractivity contribution >= 4 is 34.8 Å². The van der Waals surface area contributed by atoms with Crippen LogP contribution in [0.4, 0.5) is 5.69 Å². The first-order chi connectivity index (χ1) is 9.68. The number of fused-ring (bicyclic) bond motifs is 1. The second-order valence-electron chi connectivity index (χ2n) is 5.44. The van der Waals surface area contributed by atoms with Crippen LogP contribution in [0.25, 0.3) is 10.8 Å². The van der Waals surface area contributed by atoms with Gasteiger partial charge in [-0.1, -0.05) is 36.4 Å². The van der Waals surface area contributed by atoms with Crippen molar-refractivity contribution in [3.8, 4) is 0 Å². The van der Waals surface area contributed by atoms with E-state index in [4.69, 9.17) is 0 Å². The van der Waals surface area contributed by atoms with Gasteiger partial charge >= 0.3 is 0 Å². The Labute approximate surface area is 131 Å². The van der Waals surface area contributed by atoms with Gasteiger partial charge in [-0.2, -0.15) is 0 Å². The molecule has 1 saturated heterocycles. The molecule has 1 heterocycles. The maximum absolute atomic E-state index is 12.2. The minimum Gasteiger partial charge on any atom is -0.273 e. The first-order valence-corrected chi connectivity index (χ1v) is 7.22. The maximum atomic E-state index is 12.2. The Morgan fingerprint density at radius 1 is 1.10 bits per heavy atom. The molecule has 0 saturated carbocycles. The number of carbonyl (C=O) groups is 1. The zero-order valence-corrected chi connectivity index (χ0v) is 13.3. The first-order valence-electron chi connectivity index (χ1n) is 7.22. The van der Waals surface area contributed by atoms with Crippen molar-refractivity contribution in [1.29, 1.82) is 0 Å². The Morgan fingerprint density at radius 2 is 1.76 bits per heavy atom. The molecule has 1 aliphatic rings. The van der Waals surface area contributed by atoms with Crippen LogP contribution in [0, 0.1) is 6.92 Å². The monoisotopic (exact) mass is 304 g/mol. The average molecular weight is 305 g/mol. The number of hydrazine groups is 1. The third-order valence-electron chi connectivity index (χ3n) is 3.98. The standard InChI is InChI=1S/C17H20N2O.ClH/c1-13-9-10-15-7-3-4-8-16(15)17(13)19(14(2)20)18-11-5-6-12-18;/h3-4,7-10H,5-6,11-12H2,1-2H3;1H. The van der Waals surface area contributed by atoms with Gasteiger partial charge in [0, 0.05) is 25.4 Å². The number of hydrogen-bond acceptors (Lipinski definition) is 2. The van der Waals surface area contributed by atoms with E-state index in [1.807, 2.05) is 17.1 Å². The molecule has 0 bridgehead atoms. The van der Waals surface area contributed by atoms with E-state index >= 15 is 0 Å². The fraction of sp³-hybridized carbons (Fsp3) is 0.353. The lowest BCUT2D eigenvalue weighted by molar-refractivity contribution is -0.119. The zero-order valence-electron chi connectivity index (χ0n) is 12.5. The highest BCUT2D eigenvalue weighted by Crippen LogP contribution is 2.32. The lowest BCUT2D eigenvalue weighted by Crippen LogP contribution is -2.44. The summed E-state index contributed by atoms with van der Waals surface area (Å²) in [5.74, 6) is 0.0892. The van der Waals surface area contributed by atoms with Gasteiger partial charge in [-0.15, -0.1) is 12.4 Å². The molecule has 1 fully saturated rings. The molecule has 21 heavy (non-hydrogen) atoms. The number of rotatable bonds is 2. The fourth-order valence-corrected chi connectivity index (χ4v) is 3.04. The lowest BCUT2D eigenvalue weighted by Gasteiger charge is -2.32. The summed E-state index contributed by atoms with van der Waals surface area (Å²) >= 11 is 0. The van der Waals surface area contributed by atoms with E-state index in [9.17, 15) is 4.79 Å². The molecule has 4 heteroatoms. The molecule has 0 radical (unpaired) electrons. The van der Waals surface area contributed by atoms with Gasteiger partial charge in [0.05, 0.1) is 5.69 Å². The van der Waals surface area contributed by atoms with Gasteiger partial charge < -0.3 is 0 Å². The summed E-state index contributed by atoms with van der Waals surface area (Å²) in [5, 5.41) is 6.38. The molecule has 1 aliphatic heterocycles. The average Bonchev–Trinajstić information content (AvgIpc) is 2.95. The lowest BCUT2D eigenvalue weighted by atomic mass is 10.0. The smallest absolute Gasteiger partial charge is 0.238 e. The number of nitrogens with zero attached hydrogens (tertiary/aromatic N) is 2. The van der Waals surface area contributed by atoms with Crippen molar-refractivity contribution in [3.63, 3.8) is 0 Å². The first kappa shape index (κ1) is 15.8. The summed E-state index contributed by atoms with van der Waals surface area (Å²) in [6, 6.07) is 12.5. The molecule has 0 atom stereocenters. The number of hydrogen-bond donors (Lipinski definition) is 0. The number of amides is 1. The molecule has 0 unspecified atom stereocenters. The van der Waals surface area contributed by atoms with Crippen molar-refractivity contribution in [2.45, 2.75) is 26.7 Å². The highest BCUT2D eigenvalue weighted by atomic mass is 35.5. The van der Waals surface area contributed by atoms with Crippen LogP contribution >= 0.6 is 12.4 Å². The maximum Gasteiger partial charge on any atom is 0.238 e. The third kappa shape index (κ3) is 2.89. The van der Waals surface area contributed by atoms with Crippen LogP contribution in [0.3, 0.4) is 0 Å². The van der Waals surface area contributed by atoms with Crippen molar-refractivity contribution in [2.75, 3.05) is 18.1 Å². The molecular weight excluding hydrogens is 284 g/mol. The number of carbonyl (C=O) groups excluding carboxylic acids is 1. The van der Waals surface area contributed by atoms with E-state index in [0.717, 1.165) is 42.6 Å². The van der Waals surface area contributed by atoms with E-state index in [-0.39, 0.29) is 18.3 Å². The van der Waals surface area contributed by atoms with Crippen molar-refractivity contribution < 1.29 is 4.79 Å². The molecule has 0 aromatic heterocycles. The fourth-order valence-electron chi connectivity index (χ4n) is 3.04. The SMILES string of the molecule is CC(=O)N(c1c(C)ccc2ccccc12)N1CCCC1.Cl. The second-order valence-corrected chi connectivity index (χ2v) is 5.44. The molecule has 3 rings (SSSR count). The van der Waals surface area contributed by atoms with Crippen LogP contribution in [-0.2, 0) is 4.79 Å². The number of aryl methyl sites for hydroxylation is 1. The van der Waals surface area contributed by atoms with Gasteiger partial charge in [-0.05, 0) is 30.7 Å². The van der Waals surface area contributed by atoms with Crippen LogP contribution < -0.4 is 5.01 Å². The highest BCUT2D eigenvalue weighted by Gasteiger charge is 2.25. The summed E-state index contributed by atoms with van der Waals surface area (Å²) in [6.07, 6.45) is 2.32. The van der Waals surface area contributed by atoms with Crippen molar-refractivity contribution in [1.82, 2.24) is 5.01 Å². The summed E-state index contributed by atoms with van der Waals surface area (Å²) in [5.41, 5.74) is 2.18. The van der Waals surface area contributed by atoms with Crippen LogP contribution in [0.2, 0.25) is 0 Å². The topological polar surface area (TPSA) is 23.6 Å². The van der Waals surface area contributed by atoms with Crippen LogP contribution in [0.1, 0.15) is 25.3 Å². The largest absolute Gasteiger partial charge is 0.273 e. The Balaban J connectivity index is 0.00000161. The molecule has 0 spiro atoms. The molecule has 1 amide bonds. The van der Waals surface area contributed by atoms with Crippen molar-refractivity contribution in [3.05, 3.63) is 42.0 Å². The van der Waals surface area contributed by atoms with E-state index in [1.165, 1.54) is 5.39 Å². The number of halogens is 1. The minimum absolute atomic E-state index is 0. The summed E-state index contributed by atoms with van der Waals surface area (Å²) in [7, 11) is 0.